The number of thioether (sulfide) groups is 1. The van der Waals surface area contributed by atoms with Crippen LogP contribution in [0.25, 0.3) is 0 Å². The van der Waals surface area contributed by atoms with Crippen LogP contribution in [0.15, 0.2) is 41.4 Å². The summed E-state index contributed by atoms with van der Waals surface area (Å²) < 4.78 is 5.95. The maximum atomic E-state index is 5.95. The molecule has 0 saturated heterocycles. The fourth-order valence-electron chi connectivity index (χ4n) is 1.81. The van der Waals surface area contributed by atoms with Crippen LogP contribution in [0, 0.1) is 6.92 Å². The van der Waals surface area contributed by atoms with Crippen LogP contribution in [-0.2, 0) is 0 Å². The van der Waals surface area contributed by atoms with E-state index in [1.165, 1.54) is 0 Å². The molecule has 0 radical (unpaired) electrons. The summed E-state index contributed by atoms with van der Waals surface area (Å²) in [6, 6.07) is 9.55. The monoisotopic (exact) mass is 304 g/mol. The Balaban J connectivity index is 2.44. The molecule has 0 atom stereocenters. The van der Waals surface area contributed by atoms with Crippen molar-refractivity contribution in [3.63, 3.8) is 0 Å². The number of pyridine rings is 1. The van der Waals surface area contributed by atoms with E-state index in [1.807, 2.05) is 37.3 Å². The molecule has 0 amide bonds. The summed E-state index contributed by atoms with van der Waals surface area (Å²) in [6.45, 7) is 3.99. The van der Waals surface area contributed by atoms with Gasteiger partial charge in [0.1, 0.15) is 16.5 Å². The summed E-state index contributed by atoms with van der Waals surface area (Å²) in [6.07, 6.45) is 1.74. The molecule has 1 heterocycles. The van der Waals surface area contributed by atoms with Crippen molar-refractivity contribution in [2.75, 3.05) is 5.75 Å². The summed E-state index contributed by atoms with van der Waals surface area (Å²) >= 11 is 6.87. The lowest BCUT2D eigenvalue weighted by Gasteiger charge is -2.14. The first kappa shape index (κ1) is 14.8. The van der Waals surface area contributed by atoms with Crippen molar-refractivity contribution in [2.24, 2.45) is 5.73 Å². The van der Waals surface area contributed by atoms with E-state index in [-0.39, 0.29) is 0 Å². The Morgan fingerprint density at radius 2 is 2.05 bits per heavy atom. The van der Waals surface area contributed by atoms with Crippen LogP contribution < -0.4 is 10.5 Å². The highest BCUT2D eigenvalue weighted by Gasteiger charge is 2.14. The molecule has 1 aromatic heterocycles. The lowest BCUT2D eigenvalue weighted by molar-refractivity contribution is 0.473. The zero-order valence-corrected chi connectivity index (χ0v) is 13.1. The van der Waals surface area contributed by atoms with Crippen LogP contribution in [0.2, 0.25) is 0 Å². The van der Waals surface area contributed by atoms with E-state index >= 15 is 0 Å². The second-order valence-electron chi connectivity index (χ2n) is 4.12. The Bertz CT molecular complexity index is 629. The minimum atomic E-state index is 0.345. The second kappa shape index (κ2) is 6.72. The van der Waals surface area contributed by atoms with E-state index in [4.69, 9.17) is 22.7 Å². The molecule has 104 valence electrons. The Morgan fingerprint density at radius 3 is 2.70 bits per heavy atom. The van der Waals surface area contributed by atoms with Crippen molar-refractivity contribution >= 4 is 29.0 Å². The van der Waals surface area contributed by atoms with Crippen LogP contribution >= 0.6 is 24.0 Å². The minimum Gasteiger partial charge on any atom is -0.455 e. The molecule has 20 heavy (non-hydrogen) atoms. The second-order valence-corrected chi connectivity index (χ2v) is 5.86. The van der Waals surface area contributed by atoms with Gasteiger partial charge in [-0.3, -0.25) is 4.98 Å². The Kier molecular flexibility index (Phi) is 4.98. The molecular weight excluding hydrogens is 288 g/mol. The summed E-state index contributed by atoms with van der Waals surface area (Å²) in [5.74, 6) is 2.33. The predicted molar refractivity (Wildman–Crippen MR) is 87.8 cm³/mol. The molecule has 0 spiro atoms. The first-order chi connectivity index (χ1) is 9.63. The third-order valence-electron chi connectivity index (χ3n) is 2.71. The number of benzene rings is 1. The van der Waals surface area contributed by atoms with Gasteiger partial charge >= 0.3 is 0 Å². The van der Waals surface area contributed by atoms with Gasteiger partial charge in [-0.05, 0) is 36.9 Å². The summed E-state index contributed by atoms with van der Waals surface area (Å²) in [5.41, 5.74) is 7.48. The first-order valence-corrected chi connectivity index (χ1v) is 7.68. The topological polar surface area (TPSA) is 48.1 Å². The molecule has 2 aromatic rings. The molecule has 0 unspecified atom stereocenters. The fraction of sp³-hybridized carbons (Fsp3) is 0.200. The molecule has 3 nitrogen and oxygen atoms in total. The van der Waals surface area contributed by atoms with Gasteiger partial charge in [0.05, 0.1) is 11.3 Å². The van der Waals surface area contributed by atoms with Gasteiger partial charge in [-0.1, -0.05) is 25.2 Å². The molecule has 5 heteroatoms. The lowest BCUT2D eigenvalue weighted by atomic mass is 10.2. The van der Waals surface area contributed by atoms with Crippen molar-refractivity contribution in [1.29, 1.82) is 0 Å². The van der Waals surface area contributed by atoms with Crippen LogP contribution in [0.1, 0.15) is 18.2 Å². The highest BCUT2D eigenvalue weighted by Crippen LogP contribution is 2.33. The normalized spacial score (nSPS) is 10.3. The number of aromatic nitrogens is 1. The van der Waals surface area contributed by atoms with Crippen molar-refractivity contribution in [3.8, 4) is 11.5 Å². The molecule has 1 aromatic carbocycles. The van der Waals surface area contributed by atoms with Crippen LogP contribution in [0.4, 0.5) is 0 Å². The summed E-state index contributed by atoms with van der Waals surface area (Å²) in [7, 11) is 0. The Hall–Kier alpha value is -1.59. The average molecular weight is 304 g/mol. The Morgan fingerprint density at radius 1 is 1.30 bits per heavy atom. The molecule has 2 N–H and O–H groups in total. The van der Waals surface area contributed by atoms with Gasteiger partial charge < -0.3 is 10.5 Å². The molecule has 0 aliphatic heterocycles. The Labute approximate surface area is 128 Å². The van der Waals surface area contributed by atoms with Crippen molar-refractivity contribution in [3.05, 3.63) is 47.8 Å². The molecule has 2 rings (SSSR count). The smallest absolute Gasteiger partial charge is 0.148 e. The third kappa shape index (κ3) is 3.29. The largest absolute Gasteiger partial charge is 0.455 e. The first-order valence-electron chi connectivity index (χ1n) is 6.28. The van der Waals surface area contributed by atoms with E-state index in [0.717, 1.165) is 21.9 Å². The number of ether oxygens (including phenoxy) is 1. The standard InChI is InChI=1S/C15H16N2OS2/c1-3-20-13-8-4-6-12(14(13)15(16)19)18-11-7-5-9-17-10(11)2/h4-9H,3H2,1-2H3,(H2,16,19). The zero-order valence-electron chi connectivity index (χ0n) is 11.4. The van der Waals surface area contributed by atoms with Gasteiger partial charge in [0.15, 0.2) is 0 Å². The van der Waals surface area contributed by atoms with Gasteiger partial charge in [-0.25, -0.2) is 0 Å². The maximum Gasteiger partial charge on any atom is 0.148 e. The number of hydrogen-bond donors (Lipinski definition) is 1. The number of aryl methyl sites for hydroxylation is 1. The molecule has 0 saturated carbocycles. The molecule has 0 bridgehead atoms. The molecular formula is C15H16N2OS2. The van der Waals surface area contributed by atoms with Crippen LogP contribution in [0.5, 0.6) is 11.5 Å². The van der Waals surface area contributed by atoms with E-state index < -0.39 is 0 Å². The van der Waals surface area contributed by atoms with Gasteiger partial charge in [0.2, 0.25) is 0 Å². The predicted octanol–water partition coefficient (Wildman–Crippen LogP) is 3.93. The van der Waals surface area contributed by atoms with E-state index in [9.17, 15) is 0 Å². The summed E-state index contributed by atoms with van der Waals surface area (Å²) in [4.78, 5) is 5.60. The van der Waals surface area contributed by atoms with Gasteiger partial charge in [0.25, 0.3) is 0 Å². The number of hydrogen-bond acceptors (Lipinski definition) is 4. The van der Waals surface area contributed by atoms with Gasteiger partial charge in [-0.15, -0.1) is 11.8 Å². The number of thiocarbonyl (C=S) groups is 1. The quantitative estimate of drug-likeness (QED) is 0.670. The highest BCUT2D eigenvalue weighted by molar-refractivity contribution is 7.99. The van der Waals surface area contributed by atoms with Crippen LogP contribution in [0.3, 0.4) is 0 Å². The van der Waals surface area contributed by atoms with E-state index in [0.29, 0.717) is 16.5 Å². The van der Waals surface area contributed by atoms with Crippen molar-refractivity contribution in [1.82, 2.24) is 4.98 Å². The molecule has 0 aliphatic carbocycles. The van der Waals surface area contributed by atoms with Crippen molar-refractivity contribution < 1.29 is 4.74 Å². The van der Waals surface area contributed by atoms with E-state index in [2.05, 4.69) is 11.9 Å². The maximum absolute atomic E-state index is 5.95. The van der Waals surface area contributed by atoms with E-state index in [1.54, 1.807) is 18.0 Å². The molecule has 0 fully saturated rings. The lowest BCUT2D eigenvalue weighted by Crippen LogP contribution is -2.12. The minimum absolute atomic E-state index is 0.345. The van der Waals surface area contributed by atoms with Gasteiger partial charge in [-0.2, -0.15) is 0 Å². The zero-order chi connectivity index (χ0) is 14.5. The fourth-order valence-corrected chi connectivity index (χ4v) is 2.93. The molecule has 0 aliphatic rings. The van der Waals surface area contributed by atoms with Gasteiger partial charge in [0, 0.05) is 11.1 Å². The highest BCUT2D eigenvalue weighted by atomic mass is 32.2. The third-order valence-corrected chi connectivity index (χ3v) is 3.86. The van der Waals surface area contributed by atoms with Crippen molar-refractivity contribution in [2.45, 2.75) is 18.7 Å². The average Bonchev–Trinajstić information content (AvgIpc) is 2.41. The number of rotatable bonds is 5. The number of nitrogens with two attached hydrogens (primary N) is 1. The van der Waals surface area contributed by atoms with Crippen LogP contribution in [-0.4, -0.2) is 15.7 Å². The number of nitrogens with zero attached hydrogens (tertiary/aromatic N) is 1. The summed E-state index contributed by atoms with van der Waals surface area (Å²) in [5, 5.41) is 0. The SMILES string of the molecule is CCSc1cccc(Oc2cccnc2C)c1C(N)=S.